The average Bonchev–Trinajstić information content (AvgIpc) is 1.69. The third kappa shape index (κ3) is 1.42. The molecule has 2 radical (unpaired) electrons. The summed E-state index contributed by atoms with van der Waals surface area (Å²) in [5.41, 5.74) is 0. The first kappa shape index (κ1) is 5.02. The molecule has 0 saturated carbocycles. The molecule has 0 unspecified atom stereocenters. The maximum absolute atomic E-state index is 3.67. The Morgan fingerprint density at radius 3 is 2.57 bits per heavy atom. The van der Waals surface area contributed by atoms with Crippen LogP contribution in [0.2, 0.25) is 0 Å². The van der Waals surface area contributed by atoms with E-state index in [9.17, 15) is 0 Å². The van der Waals surface area contributed by atoms with Crippen molar-refractivity contribution >= 4 is 26.1 Å². The number of rotatable bonds is 0. The van der Waals surface area contributed by atoms with Crippen LogP contribution in [0.5, 0.6) is 0 Å². The molecule has 0 bridgehead atoms. The van der Waals surface area contributed by atoms with Crippen molar-refractivity contribution in [3.05, 3.63) is 18.5 Å². The van der Waals surface area contributed by atoms with Crippen molar-refractivity contribution in [1.29, 1.82) is 0 Å². The minimum absolute atomic E-state index is 1.13. The van der Waals surface area contributed by atoms with Crippen LogP contribution in [-0.4, -0.2) is 32.7 Å². The van der Waals surface area contributed by atoms with Gasteiger partial charge in [0.2, 0.25) is 0 Å². The van der Waals surface area contributed by atoms with Crippen LogP contribution in [0.25, 0.3) is 0 Å². The standard InChI is InChI=1S/C4H3N2.Sn.H/c1-2-4-6-5-3-1;;/h1,3-4H;;. The zero-order valence-corrected chi connectivity index (χ0v) is 7.00. The molecule has 0 N–H and O–H groups in total. The van der Waals surface area contributed by atoms with E-state index in [0.717, 1.165) is 22.5 Å². The Labute approximate surface area is 55.0 Å². The van der Waals surface area contributed by atoms with E-state index in [4.69, 9.17) is 0 Å². The summed E-state index contributed by atoms with van der Waals surface area (Å²) in [6, 6.07) is 1.97. The van der Waals surface area contributed by atoms with Crippen molar-refractivity contribution in [2.24, 2.45) is 0 Å². The van der Waals surface area contributed by atoms with E-state index in [0.29, 0.717) is 0 Å². The summed E-state index contributed by atoms with van der Waals surface area (Å²) in [6.45, 7) is 0. The number of hydrogen-bond donors (Lipinski definition) is 0. The molecule has 7 heavy (non-hydrogen) atoms. The van der Waals surface area contributed by atoms with Gasteiger partial charge in [0.1, 0.15) is 0 Å². The molecule has 3 heteroatoms. The second kappa shape index (κ2) is 2.25. The Morgan fingerprint density at radius 1 is 1.43 bits per heavy atom. The maximum atomic E-state index is 3.67. The van der Waals surface area contributed by atoms with E-state index in [1.165, 1.54) is 3.58 Å². The SMILES string of the molecule is [SnH][c]1ccnnc1. The van der Waals surface area contributed by atoms with E-state index in [-0.39, 0.29) is 0 Å². The first-order valence-corrected chi connectivity index (χ1v) is 3.56. The van der Waals surface area contributed by atoms with Crippen LogP contribution in [-0.2, 0) is 0 Å². The fourth-order valence-electron chi connectivity index (χ4n) is 0.301. The van der Waals surface area contributed by atoms with Crippen molar-refractivity contribution < 1.29 is 0 Å². The van der Waals surface area contributed by atoms with Gasteiger partial charge in [-0.25, -0.2) is 0 Å². The van der Waals surface area contributed by atoms with Crippen molar-refractivity contribution in [2.75, 3.05) is 0 Å². The third-order valence-electron chi connectivity index (χ3n) is 0.607. The fourth-order valence-corrected chi connectivity index (χ4v) is 0.737. The van der Waals surface area contributed by atoms with Crippen LogP contribution in [0.15, 0.2) is 18.5 Å². The topological polar surface area (TPSA) is 25.8 Å². The number of hydrogen-bond acceptors (Lipinski definition) is 2. The summed E-state index contributed by atoms with van der Waals surface area (Å²) < 4.78 is 1.28. The van der Waals surface area contributed by atoms with E-state index in [1.54, 1.807) is 12.4 Å². The van der Waals surface area contributed by atoms with E-state index >= 15 is 0 Å². The third-order valence-corrected chi connectivity index (χ3v) is 1.58. The predicted octanol–water partition coefficient (Wildman–Crippen LogP) is -0.997. The predicted molar refractivity (Wildman–Crippen MR) is 28.8 cm³/mol. The number of aromatic nitrogens is 2. The molecule has 2 nitrogen and oxygen atoms in total. The van der Waals surface area contributed by atoms with Gasteiger partial charge in [0.25, 0.3) is 0 Å². The summed E-state index contributed by atoms with van der Waals surface area (Å²) in [4.78, 5) is 0. The van der Waals surface area contributed by atoms with Gasteiger partial charge >= 0.3 is 54.8 Å². The van der Waals surface area contributed by atoms with Crippen LogP contribution in [0.4, 0.5) is 0 Å². The Kier molecular flexibility index (Phi) is 1.62. The molecule has 0 aliphatic heterocycles. The summed E-state index contributed by atoms with van der Waals surface area (Å²) in [6.07, 6.45) is 3.49. The summed E-state index contributed by atoms with van der Waals surface area (Å²) in [5.74, 6) is 0. The van der Waals surface area contributed by atoms with Gasteiger partial charge in [0.05, 0.1) is 0 Å². The van der Waals surface area contributed by atoms with Crippen molar-refractivity contribution in [3.8, 4) is 0 Å². The Morgan fingerprint density at radius 2 is 2.29 bits per heavy atom. The van der Waals surface area contributed by atoms with E-state index in [2.05, 4.69) is 10.2 Å². The average molecular weight is 199 g/mol. The molecule has 0 spiro atoms. The Balaban J connectivity index is 3.02. The molecule has 0 aliphatic rings. The van der Waals surface area contributed by atoms with Gasteiger partial charge in [-0.2, -0.15) is 0 Å². The first-order chi connectivity index (χ1) is 3.39. The zero-order valence-electron chi connectivity index (χ0n) is 3.70. The van der Waals surface area contributed by atoms with Crippen LogP contribution >= 0.6 is 0 Å². The van der Waals surface area contributed by atoms with Gasteiger partial charge < -0.3 is 0 Å². The summed E-state index contributed by atoms with van der Waals surface area (Å²) in [5, 5.41) is 7.28. The summed E-state index contributed by atoms with van der Waals surface area (Å²) in [7, 11) is 0. The minimum atomic E-state index is 1.13. The van der Waals surface area contributed by atoms with Gasteiger partial charge in [-0.15, -0.1) is 0 Å². The monoisotopic (exact) mass is 200 g/mol. The second-order valence-electron chi connectivity index (χ2n) is 1.18. The van der Waals surface area contributed by atoms with Crippen LogP contribution in [0.3, 0.4) is 0 Å². The Bertz CT molecular complexity index is 140. The fraction of sp³-hybridized carbons (Fsp3) is 0. The molecule has 0 fully saturated rings. The molecule has 0 aliphatic carbocycles. The molecule has 0 atom stereocenters. The van der Waals surface area contributed by atoms with Gasteiger partial charge in [-0.05, 0) is 0 Å². The molecule has 1 rings (SSSR count). The molecular formula is C4H4N2Sn. The molecule has 1 aromatic rings. The molecule has 0 saturated heterocycles. The van der Waals surface area contributed by atoms with Gasteiger partial charge in [-0.3, -0.25) is 0 Å². The molecule has 1 aromatic heterocycles. The first-order valence-electron chi connectivity index (χ1n) is 1.92. The second-order valence-corrected chi connectivity index (χ2v) is 3.08. The molecule has 0 amide bonds. The van der Waals surface area contributed by atoms with Crippen LogP contribution in [0.1, 0.15) is 0 Å². The quantitative estimate of drug-likeness (QED) is 0.501. The van der Waals surface area contributed by atoms with Gasteiger partial charge in [0, 0.05) is 0 Å². The summed E-state index contributed by atoms with van der Waals surface area (Å²) >= 11 is 1.13. The van der Waals surface area contributed by atoms with Gasteiger partial charge in [-0.1, -0.05) is 0 Å². The molecule has 34 valence electrons. The van der Waals surface area contributed by atoms with Crippen molar-refractivity contribution in [1.82, 2.24) is 10.2 Å². The van der Waals surface area contributed by atoms with Crippen LogP contribution in [0, 0.1) is 0 Å². The van der Waals surface area contributed by atoms with E-state index in [1.807, 2.05) is 6.07 Å². The van der Waals surface area contributed by atoms with Gasteiger partial charge in [0.15, 0.2) is 0 Å². The zero-order chi connectivity index (χ0) is 5.11. The van der Waals surface area contributed by atoms with Crippen molar-refractivity contribution in [2.45, 2.75) is 0 Å². The normalized spacial score (nSPS) is 8.71. The molecule has 0 aromatic carbocycles. The van der Waals surface area contributed by atoms with Crippen molar-refractivity contribution in [3.63, 3.8) is 0 Å². The van der Waals surface area contributed by atoms with E-state index < -0.39 is 0 Å². The molecule has 1 heterocycles. The molecular weight excluding hydrogens is 195 g/mol. The Hall–Kier alpha value is -0.121. The van der Waals surface area contributed by atoms with Crippen LogP contribution < -0.4 is 3.58 Å². The number of nitrogens with zero attached hydrogens (tertiary/aromatic N) is 2.